The SMILES string of the molecule is Cc1ccc(C(=O)N2CCCCCC(Nc3nc(-c4cccnc4)nc4c3CCC4)C2)cc1F. The highest BCUT2D eigenvalue weighted by molar-refractivity contribution is 5.94. The normalized spacial score (nSPS) is 18.2. The Bertz CT molecular complexity index is 1180. The Morgan fingerprint density at radius 3 is 2.85 bits per heavy atom. The second kappa shape index (κ2) is 9.87. The first-order valence-electron chi connectivity index (χ1n) is 12.2. The van der Waals surface area contributed by atoms with E-state index in [0.717, 1.165) is 62.0 Å². The molecule has 7 heteroatoms. The van der Waals surface area contributed by atoms with Crippen molar-refractivity contribution in [2.45, 2.75) is 57.9 Å². The molecule has 2 aromatic heterocycles. The van der Waals surface area contributed by atoms with Crippen LogP contribution in [0.2, 0.25) is 0 Å². The number of pyridine rings is 1. The van der Waals surface area contributed by atoms with Gasteiger partial charge in [0.2, 0.25) is 0 Å². The fraction of sp³-hybridized carbons (Fsp3) is 0.407. The quantitative estimate of drug-likeness (QED) is 0.596. The molecule has 0 saturated carbocycles. The molecule has 1 N–H and O–H groups in total. The zero-order valence-corrected chi connectivity index (χ0v) is 19.6. The number of amides is 1. The number of hydrogen-bond donors (Lipinski definition) is 1. The molecule has 3 heterocycles. The molecule has 5 rings (SSSR count). The molecule has 176 valence electrons. The van der Waals surface area contributed by atoms with Crippen molar-refractivity contribution in [2.75, 3.05) is 18.4 Å². The van der Waals surface area contributed by atoms with Gasteiger partial charge in [-0.3, -0.25) is 9.78 Å². The molecule has 1 fully saturated rings. The molecule has 1 unspecified atom stereocenters. The zero-order chi connectivity index (χ0) is 23.5. The lowest BCUT2D eigenvalue weighted by Crippen LogP contribution is -2.42. The van der Waals surface area contributed by atoms with Gasteiger partial charge < -0.3 is 10.2 Å². The Hall–Kier alpha value is -3.35. The van der Waals surface area contributed by atoms with Crippen LogP contribution in [0.5, 0.6) is 0 Å². The maximum Gasteiger partial charge on any atom is 0.254 e. The van der Waals surface area contributed by atoms with Crippen molar-refractivity contribution in [3.05, 3.63) is 70.9 Å². The molecular weight excluding hydrogens is 429 g/mol. The van der Waals surface area contributed by atoms with Crippen molar-refractivity contribution < 1.29 is 9.18 Å². The van der Waals surface area contributed by atoms with Gasteiger partial charge in [-0.25, -0.2) is 14.4 Å². The van der Waals surface area contributed by atoms with Crippen molar-refractivity contribution in [3.8, 4) is 11.4 Å². The maximum absolute atomic E-state index is 14.1. The molecule has 1 amide bonds. The van der Waals surface area contributed by atoms with E-state index in [9.17, 15) is 9.18 Å². The molecule has 1 aliphatic carbocycles. The summed E-state index contributed by atoms with van der Waals surface area (Å²) in [7, 11) is 0. The van der Waals surface area contributed by atoms with E-state index in [1.165, 1.54) is 11.6 Å². The molecule has 2 aliphatic rings. The number of halogens is 1. The predicted octanol–water partition coefficient (Wildman–Crippen LogP) is 4.97. The number of aryl methyl sites for hydroxylation is 2. The van der Waals surface area contributed by atoms with Crippen LogP contribution in [0.1, 0.15) is 59.3 Å². The van der Waals surface area contributed by atoms with Crippen LogP contribution in [0, 0.1) is 12.7 Å². The first-order chi connectivity index (χ1) is 16.6. The lowest BCUT2D eigenvalue weighted by molar-refractivity contribution is 0.0735. The van der Waals surface area contributed by atoms with Gasteiger partial charge in [0.15, 0.2) is 5.82 Å². The molecule has 0 bridgehead atoms. The topological polar surface area (TPSA) is 71.0 Å². The van der Waals surface area contributed by atoms with E-state index in [0.29, 0.717) is 30.0 Å². The lowest BCUT2D eigenvalue weighted by atomic mass is 10.0. The number of fused-ring (bicyclic) bond motifs is 1. The van der Waals surface area contributed by atoms with Crippen LogP contribution in [0.3, 0.4) is 0 Å². The van der Waals surface area contributed by atoms with Crippen molar-refractivity contribution in [1.82, 2.24) is 19.9 Å². The van der Waals surface area contributed by atoms with E-state index in [1.807, 2.05) is 17.0 Å². The average Bonchev–Trinajstić information content (AvgIpc) is 3.32. The van der Waals surface area contributed by atoms with E-state index in [4.69, 9.17) is 9.97 Å². The summed E-state index contributed by atoms with van der Waals surface area (Å²) in [6.07, 6.45) is 10.6. The number of likely N-dealkylation sites (tertiary alicyclic amines) is 1. The summed E-state index contributed by atoms with van der Waals surface area (Å²) in [5.74, 6) is 1.11. The summed E-state index contributed by atoms with van der Waals surface area (Å²) < 4.78 is 14.1. The highest BCUT2D eigenvalue weighted by Gasteiger charge is 2.26. The molecule has 34 heavy (non-hydrogen) atoms. The Morgan fingerprint density at radius 1 is 1.12 bits per heavy atom. The number of nitrogens with zero attached hydrogens (tertiary/aromatic N) is 4. The van der Waals surface area contributed by atoms with E-state index in [2.05, 4.69) is 10.3 Å². The molecule has 1 aliphatic heterocycles. The van der Waals surface area contributed by atoms with Crippen LogP contribution < -0.4 is 5.32 Å². The zero-order valence-electron chi connectivity index (χ0n) is 19.6. The Kier molecular flexibility index (Phi) is 6.52. The number of benzene rings is 1. The number of anilines is 1. The van der Waals surface area contributed by atoms with Crippen LogP contribution in [0.4, 0.5) is 10.2 Å². The standard InChI is InChI=1S/C27H30FN5O/c1-18-11-12-19(15-23(18)28)27(34)33-14-4-2-3-8-21(17-33)30-26-22-9-5-10-24(22)31-25(32-26)20-7-6-13-29-16-20/h6-7,11-13,15-16,21H,2-5,8-10,14,17H2,1H3,(H,30,31,32). The number of carbonyl (C=O) groups is 1. The molecule has 1 atom stereocenters. The van der Waals surface area contributed by atoms with Crippen molar-refractivity contribution in [2.24, 2.45) is 0 Å². The van der Waals surface area contributed by atoms with Gasteiger partial charge in [-0.05, 0) is 68.9 Å². The first-order valence-corrected chi connectivity index (χ1v) is 12.2. The Morgan fingerprint density at radius 2 is 2.03 bits per heavy atom. The van der Waals surface area contributed by atoms with Crippen molar-refractivity contribution in [3.63, 3.8) is 0 Å². The van der Waals surface area contributed by atoms with E-state index >= 15 is 0 Å². The Labute approximate surface area is 199 Å². The molecule has 6 nitrogen and oxygen atoms in total. The molecule has 0 spiro atoms. The molecular formula is C27H30FN5O. The van der Waals surface area contributed by atoms with Gasteiger partial charge in [0, 0.05) is 53.9 Å². The third kappa shape index (κ3) is 4.79. The largest absolute Gasteiger partial charge is 0.365 e. The highest BCUT2D eigenvalue weighted by atomic mass is 19.1. The number of rotatable bonds is 4. The second-order valence-corrected chi connectivity index (χ2v) is 9.32. The predicted molar refractivity (Wildman–Crippen MR) is 130 cm³/mol. The first kappa shape index (κ1) is 22.4. The number of carbonyl (C=O) groups excluding carboxylic acids is 1. The fourth-order valence-corrected chi connectivity index (χ4v) is 4.90. The summed E-state index contributed by atoms with van der Waals surface area (Å²) in [5, 5.41) is 3.68. The van der Waals surface area contributed by atoms with Gasteiger partial charge in [0.25, 0.3) is 5.91 Å². The minimum atomic E-state index is -0.341. The third-order valence-corrected chi connectivity index (χ3v) is 6.82. The van der Waals surface area contributed by atoms with Gasteiger partial charge in [-0.15, -0.1) is 0 Å². The minimum Gasteiger partial charge on any atom is -0.365 e. The summed E-state index contributed by atoms with van der Waals surface area (Å²) in [6.45, 7) is 2.95. The number of hydrogen-bond acceptors (Lipinski definition) is 5. The van der Waals surface area contributed by atoms with Crippen LogP contribution >= 0.6 is 0 Å². The maximum atomic E-state index is 14.1. The molecule has 1 aromatic carbocycles. The number of nitrogens with one attached hydrogen (secondary N) is 1. The monoisotopic (exact) mass is 459 g/mol. The van der Waals surface area contributed by atoms with Gasteiger partial charge in [-0.1, -0.05) is 18.9 Å². The van der Waals surface area contributed by atoms with Crippen LogP contribution in [-0.2, 0) is 12.8 Å². The summed E-state index contributed by atoms with van der Waals surface area (Å²) in [5.41, 5.74) is 4.14. The van der Waals surface area contributed by atoms with Crippen LogP contribution in [0.15, 0.2) is 42.7 Å². The molecule has 3 aromatic rings. The average molecular weight is 460 g/mol. The third-order valence-electron chi connectivity index (χ3n) is 6.82. The van der Waals surface area contributed by atoms with Gasteiger partial charge in [0.1, 0.15) is 11.6 Å². The van der Waals surface area contributed by atoms with Crippen molar-refractivity contribution >= 4 is 11.7 Å². The van der Waals surface area contributed by atoms with Crippen LogP contribution in [-0.4, -0.2) is 44.9 Å². The molecule has 1 saturated heterocycles. The van der Waals surface area contributed by atoms with Gasteiger partial charge in [0.05, 0.1) is 0 Å². The van der Waals surface area contributed by atoms with Gasteiger partial charge >= 0.3 is 0 Å². The fourth-order valence-electron chi connectivity index (χ4n) is 4.90. The van der Waals surface area contributed by atoms with Crippen molar-refractivity contribution in [1.29, 1.82) is 0 Å². The summed E-state index contributed by atoms with van der Waals surface area (Å²) in [6, 6.07) is 8.69. The van der Waals surface area contributed by atoms with Gasteiger partial charge in [-0.2, -0.15) is 0 Å². The minimum absolute atomic E-state index is 0.0703. The van der Waals surface area contributed by atoms with E-state index in [1.54, 1.807) is 31.5 Å². The van der Waals surface area contributed by atoms with E-state index in [-0.39, 0.29) is 17.8 Å². The van der Waals surface area contributed by atoms with E-state index < -0.39 is 0 Å². The number of aromatic nitrogens is 3. The smallest absolute Gasteiger partial charge is 0.254 e. The van der Waals surface area contributed by atoms with Crippen LogP contribution in [0.25, 0.3) is 11.4 Å². The highest BCUT2D eigenvalue weighted by Crippen LogP contribution is 2.30. The lowest BCUT2D eigenvalue weighted by Gasteiger charge is -2.31. The summed E-state index contributed by atoms with van der Waals surface area (Å²) >= 11 is 0. The summed E-state index contributed by atoms with van der Waals surface area (Å²) in [4.78, 5) is 29.1. The molecule has 0 radical (unpaired) electrons. The Balaban J connectivity index is 1.40. The second-order valence-electron chi connectivity index (χ2n) is 9.32.